The van der Waals surface area contributed by atoms with Crippen LogP contribution in [0.4, 0.5) is 0 Å². The van der Waals surface area contributed by atoms with Crippen molar-refractivity contribution in [3.8, 4) is 17.2 Å². The molecule has 2 aliphatic heterocycles. The third-order valence-corrected chi connectivity index (χ3v) is 7.19. The van der Waals surface area contributed by atoms with Crippen LogP contribution in [0, 0.1) is 0 Å². The number of nitrogens with one attached hydrogen (secondary N) is 2. The molecule has 2 heterocycles. The minimum absolute atomic E-state index is 0.0538. The molecular weight excluding hydrogens is 502 g/mol. The van der Waals surface area contributed by atoms with Gasteiger partial charge in [-0.1, -0.05) is 41.9 Å². The van der Waals surface area contributed by atoms with Gasteiger partial charge in [-0.2, -0.15) is 0 Å². The molecule has 8 heteroatoms. The third kappa shape index (κ3) is 6.78. The first-order valence-corrected chi connectivity index (χ1v) is 13.5. The standard InChI is InChI=1S/C30H34ClN3O4/c1-2-36-26-9-6-22(7-10-26)17-33-25-16-27(34(19-25)18-23-4-3-5-24(31)14-23)30(35)32-13-12-21-8-11-28-29(15-21)38-20-37-28/h3-11,14-15,25,27,33H,2,12-13,16-20H2,1H3,(H,32,35)/t25-,27+/m1/s1. The minimum atomic E-state index is -0.219. The van der Waals surface area contributed by atoms with E-state index in [1.54, 1.807) is 0 Å². The molecule has 1 fully saturated rings. The highest BCUT2D eigenvalue weighted by Crippen LogP contribution is 2.32. The topological polar surface area (TPSA) is 72.1 Å². The Labute approximate surface area is 229 Å². The number of fused-ring (bicyclic) bond motifs is 1. The average Bonchev–Trinajstić information content (AvgIpc) is 3.55. The van der Waals surface area contributed by atoms with Crippen molar-refractivity contribution in [1.29, 1.82) is 0 Å². The van der Waals surface area contributed by atoms with E-state index in [1.165, 1.54) is 5.56 Å². The lowest BCUT2D eigenvalue weighted by Crippen LogP contribution is -2.43. The second kappa shape index (κ2) is 12.5. The van der Waals surface area contributed by atoms with Gasteiger partial charge in [-0.3, -0.25) is 9.69 Å². The monoisotopic (exact) mass is 535 g/mol. The Morgan fingerprint density at radius 1 is 1.03 bits per heavy atom. The van der Waals surface area contributed by atoms with Gasteiger partial charge in [-0.15, -0.1) is 0 Å². The molecule has 1 saturated heterocycles. The molecule has 3 aromatic carbocycles. The highest BCUT2D eigenvalue weighted by atomic mass is 35.5. The van der Waals surface area contributed by atoms with Crippen LogP contribution in [0.3, 0.4) is 0 Å². The van der Waals surface area contributed by atoms with Crippen LogP contribution < -0.4 is 24.8 Å². The van der Waals surface area contributed by atoms with Crippen LogP contribution in [0.2, 0.25) is 5.02 Å². The zero-order chi connectivity index (χ0) is 26.3. The summed E-state index contributed by atoms with van der Waals surface area (Å²) in [4.78, 5) is 15.6. The first-order chi connectivity index (χ1) is 18.6. The van der Waals surface area contributed by atoms with Crippen molar-refractivity contribution in [3.05, 3.63) is 88.4 Å². The summed E-state index contributed by atoms with van der Waals surface area (Å²) < 4.78 is 16.4. The molecule has 200 valence electrons. The highest BCUT2D eigenvalue weighted by Gasteiger charge is 2.36. The maximum Gasteiger partial charge on any atom is 0.237 e. The summed E-state index contributed by atoms with van der Waals surface area (Å²) in [5, 5.41) is 7.52. The zero-order valence-electron chi connectivity index (χ0n) is 21.6. The van der Waals surface area contributed by atoms with Crippen molar-refractivity contribution in [3.63, 3.8) is 0 Å². The number of nitrogens with zero attached hydrogens (tertiary/aromatic N) is 1. The number of amides is 1. The van der Waals surface area contributed by atoms with E-state index in [0.29, 0.717) is 24.7 Å². The average molecular weight is 536 g/mol. The molecule has 1 amide bonds. The van der Waals surface area contributed by atoms with Gasteiger partial charge in [-0.05, 0) is 72.9 Å². The normalized spacial score (nSPS) is 18.5. The Hall–Kier alpha value is -3.26. The largest absolute Gasteiger partial charge is 0.494 e. The first-order valence-electron chi connectivity index (χ1n) is 13.2. The second-order valence-electron chi connectivity index (χ2n) is 9.69. The number of halogens is 1. The third-order valence-electron chi connectivity index (χ3n) is 6.96. The fourth-order valence-corrected chi connectivity index (χ4v) is 5.26. The van der Waals surface area contributed by atoms with E-state index < -0.39 is 0 Å². The molecule has 0 saturated carbocycles. The summed E-state index contributed by atoms with van der Waals surface area (Å²) >= 11 is 6.23. The lowest BCUT2D eigenvalue weighted by atomic mass is 10.1. The summed E-state index contributed by atoms with van der Waals surface area (Å²) in [6, 6.07) is 21.9. The Kier molecular flexibility index (Phi) is 8.68. The van der Waals surface area contributed by atoms with Gasteiger partial charge < -0.3 is 24.8 Å². The fraction of sp³-hybridized carbons (Fsp3) is 0.367. The Morgan fingerprint density at radius 3 is 2.66 bits per heavy atom. The maximum atomic E-state index is 13.3. The molecule has 0 radical (unpaired) electrons. The van der Waals surface area contributed by atoms with E-state index >= 15 is 0 Å². The lowest BCUT2D eigenvalue weighted by Gasteiger charge is -2.23. The van der Waals surface area contributed by atoms with E-state index in [0.717, 1.165) is 54.3 Å². The van der Waals surface area contributed by atoms with Crippen LogP contribution in [0.25, 0.3) is 0 Å². The van der Waals surface area contributed by atoms with E-state index in [-0.39, 0.29) is 24.8 Å². The highest BCUT2D eigenvalue weighted by molar-refractivity contribution is 6.30. The number of rotatable bonds is 11. The maximum absolute atomic E-state index is 13.3. The molecule has 2 aliphatic rings. The van der Waals surface area contributed by atoms with Crippen molar-refractivity contribution in [2.45, 2.75) is 44.9 Å². The smallest absolute Gasteiger partial charge is 0.237 e. The number of ether oxygens (including phenoxy) is 3. The molecule has 0 spiro atoms. The lowest BCUT2D eigenvalue weighted by molar-refractivity contribution is -0.125. The molecule has 0 unspecified atom stereocenters. The second-order valence-corrected chi connectivity index (χ2v) is 10.1. The van der Waals surface area contributed by atoms with Gasteiger partial charge in [-0.25, -0.2) is 0 Å². The van der Waals surface area contributed by atoms with Gasteiger partial charge in [0.1, 0.15) is 5.75 Å². The van der Waals surface area contributed by atoms with Crippen LogP contribution in [-0.4, -0.2) is 49.4 Å². The van der Waals surface area contributed by atoms with Crippen LogP contribution in [0.5, 0.6) is 17.2 Å². The molecule has 3 aromatic rings. The molecule has 38 heavy (non-hydrogen) atoms. The molecule has 0 aromatic heterocycles. The number of hydrogen-bond donors (Lipinski definition) is 2. The van der Waals surface area contributed by atoms with Gasteiger partial charge in [0.05, 0.1) is 12.6 Å². The number of benzene rings is 3. The predicted molar refractivity (Wildman–Crippen MR) is 148 cm³/mol. The van der Waals surface area contributed by atoms with Crippen molar-refractivity contribution in [2.75, 3.05) is 26.5 Å². The first kappa shape index (κ1) is 26.4. The van der Waals surface area contributed by atoms with E-state index in [2.05, 4.69) is 33.7 Å². The molecule has 2 atom stereocenters. The van der Waals surface area contributed by atoms with Crippen LogP contribution in [0.15, 0.2) is 66.7 Å². The van der Waals surface area contributed by atoms with Gasteiger partial charge in [0.15, 0.2) is 11.5 Å². The molecule has 0 bridgehead atoms. The van der Waals surface area contributed by atoms with E-state index in [4.69, 9.17) is 25.8 Å². The van der Waals surface area contributed by atoms with Gasteiger partial charge >= 0.3 is 0 Å². The molecule has 7 nitrogen and oxygen atoms in total. The Bertz CT molecular complexity index is 1240. The summed E-state index contributed by atoms with van der Waals surface area (Å²) in [5.74, 6) is 2.46. The minimum Gasteiger partial charge on any atom is -0.494 e. The van der Waals surface area contributed by atoms with Crippen LogP contribution in [-0.2, 0) is 24.3 Å². The molecular formula is C30H34ClN3O4. The van der Waals surface area contributed by atoms with Gasteiger partial charge in [0, 0.05) is 37.2 Å². The summed E-state index contributed by atoms with van der Waals surface area (Å²) in [5.41, 5.74) is 3.39. The fourth-order valence-electron chi connectivity index (χ4n) is 5.05. The number of carbonyl (C=O) groups is 1. The van der Waals surface area contributed by atoms with Crippen LogP contribution in [0.1, 0.15) is 30.0 Å². The Balaban J connectivity index is 1.19. The quantitative estimate of drug-likeness (QED) is 0.375. The summed E-state index contributed by atoms with van der Waals surface area (Å²) in [7, 11) is 0. The molecule has 2 N–H and O–H groups in total. The predicted octanol–water partition coefficient (Wildman–Crippen LogP) is 4.56. The SMILES string of the molecule is CCOc1ccc(CN[C@@H]2C[C@@H](C(=O)NCCc3ccc4c(c3)OCO4)N(Cc3cccc(Cl)c3)C2)cc1. The summed E-state index contributed by atoms with van der Waals surface area (Å²) in [6.45, 7) is 5.64. The number of likely N-dealkylation sites (tertiary alicyclic amines) is 1. The van der Waals surface area contributed by atoms with Gasteiger partial charge in [0.2, 0.25) is 12.7 Å². The van der Waals surface area contributed by atoms with Gasteiger partial charge in [0.25, 0.3) is 0 Å². The molecule has 0 aliphatic carbocycles. The zero-order valence-corrected chi connectivity index (χ0v) is 22.4. The van der Waals surface area contributed by atoms with Crippen molar-refractivity contribution < 1.29 is 19.0 Å². The van der Waals surface area contributed by atoms with E-state index in [9.17, 15) is 4.79 Å². The van der Waals surface area contributed by atoms with E-state index in [1.807, 2.05) is 55.5 Å². The molecule has 5 rings (SSSR count). The summed E-state index contributed by atoms with van der Waals surface area (Å²) in [6.07, 6.45) is 1.47. The Morgan fingerprint density at radius 2 is 1.84 bits per heavy atom. The van der Waals surface area contributed by atoms with Crippen molar-refractivity contribution in [1.82, 2.24) is 15.5 Å². The van der Waals surface area contributed by atoms with Crippen molar-refractivity contribution >= 4 is 17.5 Å². The van der Waals surface area contributed by atoms with Crippen molar-refractivity contribution in [2.24, 2.45) is 0 Å². The number of carbonyl (C=O) groups excluding carboxylic acids is 1. The number of hydrogen-bond acceptors (Lipinski definition) is 6. The van der Waals surface area contributed by atoms with Crippen LogP contribution >= 0.6 is 11.6 Å².